The van der Waals surface area contributed by atoms with Crippen LogP contribution in [-0.4, -0.2) is 28.8 Å². The molecular weight excluding hydrogens is 376 g/mol. The van der Waals surface area contributed by atoms with Crippen LogP contribution >= 0.6 is 0 Å². The van der Waals surface area contributed by atoms with Crippen LogP contribution in [0.3, 0.4) is 0 Å². The second kappa shape index (κ2) is 10.6. The molecule has 0 atom stereocenters. The summed E-state index contributed by atoms with van der Waals surface area (Å²) in [6.07, 6.45) is 5.64. The van der Waals surface area contributed by atoms with Gasteiger partial charge in [-0.1, -0.05) is 83.1 Å². The predicted octanol–water partition coefficient (Wildman–Crippen LogP) is 8.68. The third kappa shape index (κ3) is 5.33. The number of hydrogen-bond donors (Lipinski definition) is 0. The first kappa shape index (κ1) is 26.4. The largest absolute Gasteiger partial charge is 0.413 e. The summed E-state index contributed by atoms with van der Waals surface area (Å²) >= 11 is 0. The zero-order valence-corrected chi connectivity index (χ0v) is 23.3. The van der Waals surface area contributed by atoms with Gasteiger partial charge in [-0.05, 0) is 58.9 Å². The molecule has 168 valence electrons. The Kier molecular flexibility index (Phi) is 9.98. The Morgan fingerprint density at radius 3 is 0.750 bits per heavy atom. The van der Waals surface area contributed by atoms with Crippen molar-refractivity contribution in [2.45, 2.75) is 154 Å². The van der Waals surface area contributed by atoms with E-state index in [0.717, 1.165) is 0 Å². The average molecular weight is 429 g/mol. The van der Waals surface area contributed by atoms with E-state index in [-0.39, 0.29) is 0 Å². The molecule has 1 aliphatic rings. The maximum Gasteiger partial charge on any atom is 0.200 e. The third-order valence-electron chi connectivity index (χ3n) is 7.78. The smallest absolute Gasteiger partial charge is 0.200 e. The highest BCUT2D eigenvalue weighted by Crippen LogP contribution is 2.46. The van der Waals surface area contributed by atoms with Crippen molar-refractivity contribution in [2.24, 2.45) is 0 Å². The molecule has 0 radical (unpaired) electrons. The molecule has 0 saturated heterocycles. The highest BCUT2D eigenvalue weighted by molar-refractivity contribution is 6.78. The van der Waals surface area contributed by atoms with Gasteiger partial charge in [0.25, 0.3) is 0 Å². The van der Waals surface area contributed by atoms with Crippen LogP contribution < -0.4 is 0 Å². The summed E-state index contributed by atoms with van der Waals surface area (Å²) in [7, 11) is -3.54. The van der Waals surface area contributed by atoms with Gasteiger partial charge in [0.2, 0.25) is 16.6 Å². The molecule has 0 bridgehead atoms. The van der Waals surface area contributed by atoms with Crippen molar-refractivity contribution in [3.63, 3.8) is 0 Å². The van der Waals surface area contributed by atoms with Crippen LogP contribution in [0.1, 0.15) is 109 Å². The fraction of sp³-hybridized carbons (Fsp3) is 1.00. The Hall–Kier alpha value is 0.354. The van der Waals surface area contributed by atoms with Crippen LogP contribution in [0.4, 0.5) is 0 Å². The molecule has 0 aliphatic heterocycles. The zero-order chi connectivity index (χ0) is 21.9. The summed E-state index contributed by atoms with van der Waals surface area (Å²) < 4.78 is 14.2. The quantitative estimate of drug-likeness (QED) is 0.324. The molecule has 0 N–H and O–H groups in total. The Balaban J connectivity index is 2.84. The van der Waals surface area contributed by atoms with Crippen LogP contribution in [-0.2, 0) is 8.85 Å². The van der Waals surface area contributed by atoms with E-state index in [1.54, 1.807) is 0 Å². The molecule has 2 nitrogen and oxygen atoms in total. The lowest BCUT2D eigenvalue weighted by Crippen LogP contribution is -2.52. The lowest BCUT2D eigenvalue weighted by Gasteiger charge is -2.48. The average Bonchev–Trinajstić information content (AvgIpc) is 2.56. The van der Waals surface area contributed by atoms with E-state index >= 15 is 0 Å². The summed E-state index contributed by atoms with van der Waals surface area (Å²) in [5, 5.41) is 0. The van der Waals surface area contributed by atoms with Crippen LogP contribution in [0.15, 0.2) is 0 Å². The second-order valence-corrected chi connectivity index (χ2v) is 22.1. The van der Waals surface area contributed by atoms with Gasteiger partial charge in [-0.3, -0.25) is 0 Å². The topological polar surface area (TPSA) is 18.5 Å². The third-order valence-corrected chi connectivity index (χ3v) is 20.1. The van der Waals surface area contributed by atoms with Crippen molar-refractivity contribution in [3.8, 4) is 0 Å². The highest BCUT2D eigenvalue weighted by Gasteiger charge is 2.49. The zero-order valence-electron chi connectivity index (χ0n) is 21.3. The van der Waals surface area contributed by atoms with Gasteiger partial charge in [-0.15, -0.1) is 0 Å². The summed E-state index contributed by atoms with van der Waals surface area (Å²) in [5.74, 6) is 0. The summed E-state index contributed by atoms with van der Waals surface area (Å²) in [6.45, 7) is 28.8. The van der Waals surface area contributed by atoms with Crippen molar-refractivity contribution in [3.05, 3.63) is 0 Å². The molecule has 0 unspecified atom stereocenters. The first-order valence-corrected chi connectivity index (χ1v) is 16.5. The Bertz CT molecular complexity index is 364. The molecule has 0 aromatic rings. The molecule has 0 spiro atoms. The molecule has 1 aliphatic carbocycles. The van der Waals surface area contributed by atoms with Crippen LogP contribution in [0, 0.1) is 0 Å². The van der Waals surface area contributed by atoms with Crippen LogP contribution in [0.25, 0.3) is 0 Å². The van der Waals surface area contributed by atoms with Gasteiger partial charge in [0, 0.05) is 12.2 Å². The van der Waals surface area contributed by atoms with Crippen molar-refractivity contribution in [1.29, 1.82) is 0 Å². The van der Waals surface area contributed by atoms with E-state index in [4.69, 9.17) is 8.85 Å². The van der Waals surface area contributed by atoms with E-state index in [9.17, 15) is 0 Å². The fourth-order valence-corrected chi connectivity index (χ4v) is 17.9. The molecule has 1 rings (SSSR count). The maximum absolute atomic E-state index is 7.08. The van der Waals surface area contributed by atoms with Crippen molar-refractivity contribution < 1.29 is 8.85 Å². The second-order valence-electron chi connectivity index (χ2n) is 11.3. The van der Waals surface area contributed by atoms with E-state index < -0.39 is 16.6 Å². The molecular formula is C24H52O2Si2. The number of hydrogen-bond acceptors (Lipinski definition) is 2. The van der Waals surface area contributed by atoms with Crippen molar-refractivity contribution >= 4 is 16.6 Å². The van der Waals surface area contributed by atoms with E-state index in [0.29, 0.717) is 45.5 Å². The van der Waals surface area contributed by atoms with Gasteiger partial charge >= 0.3 is 0 Å². The lowest BCUT2D eigenvalue weighted by atomic mass is 9.95. The standard InChI is InChI=1S/C24H52O2Si2/c1-17(2)27(18(3)4,19(5)6)25-23-13-15-24(16-14-23)26-28(20(7)8,21(9)10)22(11)12/h17-24H,13-16H2,1-12H3. The van der Waals surface area contributed by atoms with Gasteiger partial charge in [0.1, 0.15) is 0 Å². The minimum absolute atomic E-state index is 0.451. The van der Waals surface area contributed by atoms with Gasteiger partial charge in [-0.2, -0.15) is 0 Å². The molecule has 28 heavy (non-hydrogen) atoms. The van der Waals surface area contributed by atoms with E-state index in [1.165, 1.54) is 25.7 Å². The SMILES string of the molecule is CC(C)[Si](OC1CCC(O[Si](C(C)C)(C(C)C)C(C)C)CC1)(C(C)C)C(C)C. The molecule has 0 heterocycles. The Morgan fingerprint density at radius 1 is 0.429 bits per heavy atom. The first-order chi connectivity index (χ1) is 12.8. The predicted molar refractivity (Wildman–Crippen MR) is 130 cm³/mol. The summed E-state index contributed by atoms with van der Waals surface area (Å²) in [6, 6.07) is 0. The first-order valence-electron chi connectivity index (χ1n) is 12.2. The Morgan fingerprint density at radius 2 is 0.607 bits per heavy atom. The molecule has 0 amide bonds. The van der Waals surface area contributed by atoms with Crippen molar-refractivity contribution in [2.75, 3.05) is 0 Å². The van der Waals surface area contributed by atoms with Gasteiger partial charge < -0.3 is 8.85 Å². The van der Waals surface area contributed by atoms with Gasteiger partial charge in [0.15, 0.2) is 0 Å². The van der Waals surface area contributed by atoms with Crippen LogP contribution in [0.2, 0.25) is 33.2 Å². The summed E-state index contributed by atoms with van der Waals surface area (Å²) in [5.41, 5.74) is 4.02. The molecule has 0 aromatic heterocycles. The lowest BCUT2D eigenvalue weighted by molar-refractivity contribution is 0.0607. The fourth-order valence-electron chi connectivity index (χ4n) is 6.66. The summed E-state index contributed by atoms with van der Waals surface area (Å²) in [4.78, 5) is 0. The number of rotatable bonds is 10. The van der Waals surface area contributed by atoms with Gasteiger partial charge in [0.05, 0.1) is 0 Å². The van der Waals surface area contributed by atoms with E-state index in [2.05, 4.69) is 83.1 Å². The minimum Gasteiger partial charge on any atom is -0.413 e. The molecule has 1 fully saturated rings. The molecule has 0 aromatic carbocycles. The minimum atomic E-state index is -1.77. The normalized spacial score (nSPS) is 22.5. The van der Waals surface area contributed by atoms with Gasteiger partial charge in [-0.25, -0.2) is 0 Å². The highest BCUT2D eigenvalue weighted by atomic mass is 28.4. The molecule has 1 saturated carbocycles. The maximum atomic E-state index is 7.08. The van der Waals surface area contributed by atoms with Crippen LogP contribution in [0.5, 0.6) is 0 Å². The monoisotopic (exact) mass is 428 g/mol. The van der Waals surface area contributed by atoms with Crippen molar-refractivity contribution in [1.82, 2.24) is 0 Å². The van der Waals surface area contributed by atoms with E-state index in [1.807, 2.05) is 0 Å². The Labute approximate surface area is 179 Å². The molecule has 4 heteroatoms.